The third-order valence-electron chi connectivity index (χ3n) is 2.78. The Kier molecular flexibility index (Phi) is 5.20. The molecule has 5 nitrogen and oxygen atoms in total. The fourth-order valence-corrected chi connectivity index (χ4v) is 0.914. The molecule has 0 aromatic rings. The van der Waals surface area contributed by atoms with E-state index in [1.54, 1.807) is 13.8 Å². The number of nitrogens with one attached hydrogen (secondary N) is 1. The summed E-state index contributed by atoms with van der Waals surface area (Å²) < 4.78 is 0. The van der Waals surface area contributed by atoms with Gasteiger partial charge in [0.05, 0.1) is 6.61 Å². The Labute approximate surface area is 90.1 Å². The molecule has 1 atom stereocenters. The molecule has 1 amide bonds. The van der Waals surface area contributed by atoms with Crippen molar-refractivity contribution in [3.05, 3.63) is 0 Å². The van der Waals surface area contributed by atoms with Gasteiger partial charge in [-0.25, -0.2) is 0 Å². The predicted molar refractivity (Wildman–Crippen MR) is 56.2 cm³/mol. The van der Waals surface area contributed by atoms with Crippen LogP contribution in [0.3, 0.4) is 0 Å². The molecule has 0 aromatic carbocycles. The molecule has 0 saturated heterocycles. The Morgan fingerprint density at radius 1 is 1.27 bits per heavy atom. The van der Waals surface area contributed by atoms with E-state index >= 15 is 0 Å². The first-order valence-electron chi connectivity index (χ1n) is 5.02. The van der Waals surface area contributed by atoms with Crippen molar-refractivity contribution in [1.82, 2.24) is 5.32 Å². The van der Waals surface area contributed by atoms with Crippen LogP contribution >= 0.6 is 0 Å². The molecule has 0 aliphatic heterocycles. The van der Waals surface area contributed by atoms with Crippen molar-refractivity contribution in [3.63, 3.8) is 0 Å². The highest BCUT2D eigenvalue weighted by Gasteiger charge is 2.45. The van der Waals surface area contributed by atoms with E-state index < -0.39 is 16.9 Å². The summed E-state index contributed by atoms with van der Waals surface area (Å²) in [7, 11) is 0. The summed E-state index contributed by atoms with van der Waals surface area (Å²) in [6, 6.07) is 0. The Bertz CT molecular complexity index is 213. The van der Waals surface area contributed by atoms with Crippen LogP contribution in [0.25, 0.3) is 0 Å². The van der Waals surface area contributed by atoms with Crippen molar-refractivity contribution in [2.45, 2.75) is 32.8 Å². The van der Waals surface area contributed by atoms with Gasteiger partial charge in [0.15, 0.2) is 0 Å². The van der Waals surface area contributed by atoms with E-state index in [4.69, 9.17) is 10.2 Å². The minimum atomic E-state index is -1.63. The normalized spacial score (nSPS) is 15.9. The number of rotatable bonds is 6. The molecule has 0 fully saturated rings. The quantitative estimate of drug-likeness (QED) is 0.443. The van der Waals surface area contributed by atoms with Crippen molar-refractivity contribution < 1.29 is 20.1 Å². The van der Waals surface area contributed by atoms with Crippen molar-refractivity contribution in [2.75, 3.05) is 19.8 Å². The van der Waals surface area contributed by atoms with E-state index in [-0.39, 0.29) is 13.2 Å². The van der Waals surface area contributed by atoms with E-state index in [2.05, 4.69) is 5.32 Å². The first-order valence-corrected chi connectivity index (χ1v) is 5.02. The number of carbonyl (C=O) groups is 1. The van der Waals surface area contributed by atoms with Crippen LogP contribution in [0.1, 0.15) is 27.2 Å². The Morgan fingerprint density at radius 3 is 2.20 bits per heavy atom. The van der Waals surface area contributed by atoms with Crippen molar-refractivity contribution in [2.24, 2.45) is 5.41 Å². The van der Waals surface area contributed by atoms with Gasteiger partial charge in [0.25, 0.3) is 5.91 Å². The molecule has 0 aliphatic rings. The zero-order chi connectivity index (χ0) is 12.1. The molecule has 1 unspecified atom stereocenters. The molecule has 0 aliphatic carbocycles. The first kappa shape index (κ1) is 14.3. The molecule has 0 heterocycles. The van der Waals surface area contributed by atoms with Crippen molar-refractivity contribution >= 4 is 5.91 Å². The average molecular weight is 219 g/mol. The highest BCUT2D eigenvalue weighted by molar-refractivity contribution is 5.85. The molecule has 15 heavy (non-hydrogen) atoms. The summed E-state index contributed by atoms with van der Waals surface area (Å²) in [5.41, 5.74) is -2.53. The van der Waals surface area contributed by atoms with Crippen LogP contribution in [-0.4, -0.2) is 46.6 Å². The summed E-state index contributed by atoms with van der Waals surface area (Å²) in [5, 5.41) is 30.1. The highest BCUT2D eigenvalue weighted by atomic mass is 16.3. The summed E-state index contributed by atoms with van der Waals surface area (Å²) >= 11 is 0. The zero-order valence-corrected chi connectivity index (χ0v) is 9.58. The fourth-order valence-electron chi connectivity index (χ4n) is 0.914. The van der Waals surface area contributed by atoms with Gasteiger partial charge in [-0.1, -0.05) is 13.8 Å². The minimum absolute atomic E-state index is 0.00812. The lowest BCUT2D eigenvalue weighted by Gasteiger charge is -2.37. The van der Waals surface area contributed by atoms with E-state index in [9.17, 15) is 9.90 Å². The SMILES string of the molecule is CC(C)(CO)C(C)(O)C(=O)NCCCO. The number of hydrogen-bond donors (Lipinski definition) is 4. The van der Waals surface area contributed by atoms with Gasteiger partial charge in [0.2, 0.25) is 0 Å². The van der Waals surface area contributed by atoms with Gasteiger partial charge in [-0.15, -0.1) is 0 Å². The van der Waals surface area contributed by atoms with Gasteiger partial charge in [-0.05, 0) is 13.3 Å². The lowest BCUT2D eigenvalue weighted by molar-refractivity contribution is -0.154. The second kappa shape index (κ2) is 5.44. The van der Waals surface area contributed by atoms with Gasteiger partial charge in [-0.2, -0.15) is 0 Å². The molecule has 0 spiro atoms. The number of hydrogen-bond acceptors (Lipinski definition) is 4. The monoisotopic (exact) mass is 219 g/mol. The maximum Gasteiger partial charge on any atom is 0.252 e. The Hall–Kier alpha value is -0.650. The smallest absolute Gasteiger partial charge is 0.252 e. The fraction of sp³-hybridized carbons (Fsp3) is 0.900. The lowest BCUT2D eigenvalue weighted by atomic mass is 9.76. The number of carbonyl (C=O) groups excluding carboxylic acids is 1. The maximum absolute atomic E-state index is 11.6. The second-order valence-electron chi connectivity index (χ2n) is 4.45. The number of amides is 1. The van der Waals surface area contributed by atoms with Crippen molar-refractivity contribution in [1.29, 1.82) is 0 Å². The van der Waals surface area contributed by atoms with E-state index in [0.29, 0.717) is 13.0 Å². The largest absolute Gasteiger partial charge is 0.396 e. The molecule has 4 N–H and O–H groups in total. The van der Waals surface area contributed by atoms with E-state index in [0.717, 1.165) is 0 Å². The van der Waals surface area contributed by atoms with Gasteiger partial charge in [0.1, 0.15) is 5.60 Å². The van der Waals surface area contributed by atoms with Crippen LogP contribution < -0.4 is 5.32 Å². The van der Waals surface area contributed by atoms with Crippen LogP contribution in [-0.2, 0) is 4.79 Å². The molecule has 0 bridgehead atoms. The van der Waals surface area contributed by atoms with Crippen LogP contribution in [0.2, 0.25) is 0 Å². The summed E-state index contributed by atoms with van der Waals surface area (Å²) in [5.74, 6) is -0.532. The molecule has 0 saturated carbocycles. The van der Waals surface area contributed by atoms with Gasteiger partial charge >= 0.3 is 0 Å². The Balaban J connectivity index is 4.38. The van der Waals surface area contributed by atoms with Crippen LogP contribution in [0, 0.1) is 5.41 Å². The molecule has 5 heteroatoms. The second-order valence-corrected chi connectivity index (χ2v) is 4.45. The lowest BCUT2D eigenvalue weighted by Crippen LogP contribution is -2.55. The van der Waals surface area contributed by atoms with Crippen molar-refractivity contribution in [3.8, 4) is 0 Å². The molecule has 0 aromatic heterocycles. The topological polar surface area (TPSA) is 89.8 Å². The maximum atomic E-state index is 11.6. The third-order valence-corrected chi connectivity index (χ3v) is 2.78. The van der Waals surface area contributed by atoms with Crippen LogP contribution in [0.5, 0.6) is 0 Å². The standard InChI is InChI=1S/C10H21NO4/c1-9(2,7-13)10(3,15)8(14)11-5-4-6-12/h12-13,15H,4-7H2,1-3H3,(H,11,14). The molecule has 90 valence electrons. The minimum Gasteiger partial charge on any atom is -0.396 e. The number of aliphatic hydroxyl groups is 3. The first-order chi connectivity index (χ1) is 6.79. The van der Waals surface area contributed by atoms with Gasteiger partial charge in [0, 0.05) is 18.6 Å². The number of aliphatic hydroxyl groups excluding tert-OH is 2. The Morgan fingerprint density at radius 2 is 1.80 bits per heavy atom. The summed E-state index contributed by atoms with van der Waals surface area (Å²) in [4.78, 5) is 11.6. The molecule has 0 rings (SSSR count). The van der Waals surface area contributed by atoms with E-state index in [1.807, 2.05) is 0 Å². The van der Waals surface area contributed by atoms with Crippen LogP contribution in [0.4, 0.5) is 0 Å². The van der Waals surface area contributed by atoms with Gasteiger partial charge < -0.3 is 20.6 Å². The van der Waals surface area contributed by atoms with E-state index in [1.165, 1.54) is 6.92 Å². The average Bonchev–Trinajstić information content (AvgIpc) is 2.17. The molecular weight excluding hydrogens is 198 g/mol. The molecular formula is C10H21NO4. The molecule has 0 radical (unpaired) electrons. The predicted octanol–water partition coefficient (Wildman–Crippen LogP) is -0.746. The van der Waals surface area contributed by atoms with Gasteiger partial charge in [-0.3, -0.25) is 4.79 Å². The zero-order valence-electron chi connectivity index (χ0n) is 9.58. The third kappa shape index (κ3) is 3.44. The summed E-state index contributed by atoms with van der Waals surface area (Å²) in [6.45, 7) is 4.61. The van der Waals surface area contributed by atoms with Crippen LogP contribution in [0.15, 0.2) is 0 Å². The highest BCUT2D eigenvalue weighted by Crippen LogP contribution is 2.30. The summed E-state index contributed by atoms with van der Waals surface area (Å²) in [6.07, 6.45) is 0.446.